The zero-order valence-electron chi connectivity index (χ0n) is 8.28. The molecule has 1 aromatic heterocycles. The zero-order valence-corrected chi connectivity index (χ0v) is 9.28. The van der Waals surface area contributed by atoms with Gasteiger partial charge in [-0.05, 0) is 0 Å². The van der Waals surface area contributed by atoms with Crippen LogP contribution in [-0.2, 0) is 9.05 Å². The van der Waals surface area contributed by atoms with E-state index in [0.717, 1.165) is 0 Å². The average molecular weight is 221 g/mol. The summed E-state index contributed by atoms with van der Waals surface area (Å²) in [6.07, 6.45) is 3.34. The van der Waals surface area contributed by atoms with Crippen molar-refractivity contribution in [1.82, 2.24) is 9.97 Å². The molecule has 0 saturated heterocycles. The second-order valence-corrected chi connectivity index (χ2v) is 4.39. The molecule has 6 nitrogen and oxygen atoms in total. The van der Waals surface area contributed by atoms with E-state index in [1.54, 1.807) is 26.2 Å². The molecule has 0 unspecified atom stereocenters. The Balaban J connectivity index is 2.83. The third-order valence-electron chi connectivity index (χ3n) is 1.44. The van der Waals surface area contributed by atoms with Crippen molar-refractivity contribution in [2.24, 2.45) is 4.76 Å². The third-order valence-corrected chi connectivity index (χ3v) is 3.28. The van der Waals surface area contributed by atoms with E-state index in [2.05, 4.69) is 14.7 Å². The van der Waals surface area contributed by atoms with Gasteiger partial charge in [0.05, 0.1) is 0 Å². The fourth-order valence-electron chi connectivity index (χ4n) is 0.971. The summed E-state index contributed by atoms with van der Waals surface area (Å²) in [5.41, 5.74) is 0.445. The van der Waals surface area contributed by atoms with Gasteiger partial charge in [-0.1, -0.05) is 0 Å². The average Bonchev–Trinajstić information content (AvgIpc) is 2.57. The fourth-order valence-corrected chi connectivity index (χ4v) is 2.35. The minimum atomic E-state index is -3.39. The predicted octanol–water partition coefficient (Wildman–Crippen LogP) is 0.719. The maximum atomic E-state index is 9.87. The molecule has 0 amide bonds. The van der Waals surface area contributed by atoms with Crippen LogP contribution in [0.3, 0.4) is 0 Å². The first-order chi connectivity index (χ1) is 6.70. The van der Waals surface area contributed by atoms with E-state index in [-0.39, 0.29) is 0 Å². The van der Waals surface area contributed by atoms with Crippen molar-refractivity contribution in [3.63, 3.8) is 0 Å². The van der Waals surface area contributed by atoms with Gasteiger partial charge >= 0.3 is 81.8 Å². The normalized spacial score (nSPS) is 12.8. The summed E-state index contributed by atoms with van der Waals surface area (Å²) in [4.78, 5) is 15.5. The van der Waals surface area contributed by atoms with Crippen LogP contribution in [0.15, 0.2) is 17.2 Å². The second-order valence-electron chi connectivity index (χ2n) is 2.50. The van der Waals surface area contributed by atoms with Crippen LogP contribution in [-0.4, -0.2) is 28.1 Å². The van der Waals surface area contributed by atoms with E-state index in [9.17, 15) is 4.89 Å². The Hall–Kier alpha value is -0.680. The molecule has 82 valence electrons. The second kappa shape index (κ2) is 5.26. The van der Waals surface area contributed by atoms with Gasteiger partial charge in [-0.2, -0.15) is 0 Å². The summed E-state index contributed by atoms with van der Waals surface area (Å²) in [7, 11) is -3.39. The van der Waals surface area contributed by atoms with Crippen LogP contribution in [0.1, 0.15) is 13.8 Å². The van der Waals surface area contributed by atoms with E-state index in [1.165, 1.54) is 0 Å². The quantitative estimate of drug-likeness (QED) is 0.640. The van der Waals surface area contributed by atoms with Crippen LogP contribution >= 0.6 is 8.09 Å². The van der Waals surface area contributed by atoms with Crippen molar-refractivity contribution in [2.75, 3.05) is 13.2 Å². The summed E-state index contributed by atoms with van der Waals surface area (Å²) in [5.74, 6) is 0. The van der Waals surface area contributed by atoms with Crippen LogP contribution < -0.4 is 5.62 Å². The summed E-state index contributed by atoms with van der Waals surface area (Å²) in [5, 5.41) is 0. The Kier molecular flexibility index (Phi) is 4.28. The van der Waals surface area contributed by atoms with Crippen molar-refractivity contribution in [3.05, 3.63) is 18.0 Å². The first-order valence-corrected chi connectivity index (χ1v) is 6.19. The molecule has 1 heterocycles. The number of aromatic amines is 2. The summed E-state index contributed by atoms with van der Waals surface area (Å²) >= 11 is 0. The minimum absolute atomic E-state index is 0.368. The number of hydrogen-bond donors (Lipinski definition) is 3. The standard InChI is InChI=1S/C7H16N3O3P/c1-3-12-14(11,13-4-2)10-7-8-5-6-9-7/h5-6,11,14H,3-4H2,1-2H3,(H2,8,9,10). The maximum absolute atomic E-state index is 9.87. The Morgan fingerprint density at radius 3 is 2.21 bits per heavy atom. The van der Waals surface area contributed by atoms with Crippen molar-refractivity contribution in [1.29, 1.82) is 0 Å². The Bertz CT molecular complexity index is 299. The van der Waals surface area contributed by atoms with Gasteiger partial charge in [-0.25, -0.2) is 0 Å². The molecule has 3 N–H and O–H groups in total. The fraction of sp³-hybridized carbons (Fsp3) is 0.571. The SMILES string of the molecule is CCO[PH](O)(N=c1[nH]cc[nH]1)OCC. The molecule has 1 rings (SSSR count). The number of aromatic nitrogens is 2. The van der Waals surface area contributed by atoms with Gasteiger partial charge < -0.3 is 0 Å². The van der Waals surface area contributed by atoms with Crippen LogP contribution in [0.25, 0.3) is 0 Å². The van der Waals surface area contributed by atoms with E-state index >= 15 is 0 Å². The van der Waals surface area contributed by atoms with Gasteiger partial charge in [0.1, 0.15) is 0 Å². The third kappa shape index (κ3) is 3.23. The van der Waals surface area contributed by atoms with E-state index in [0.29, 0.717) is 18.8 Å². The first kappa shape index (κ1) is 11.4. The number of imidazole rings is 1. The molecular weight excluding hydrogens is 205 g/mol. The molecule has 0 bridgehead atoms. The van der Waals surface area contributed by atoms with E-state index < -0.39 is 8.09 Å². The van der Waals surface area contributed by atoms with Crippen molar-refractivity contribution in [3.8, 4) is 0 Å². The van der Waals surface area contributed by atoms with Crippen LogP contribution in [0.4, 0.5) is 0 Å². The molecule has 1 aromatic rings. The molecule has 0 aliphatic rings. The molecular formula is C7H16N3O3P. The van der Waals surface area contributed by atoms with Gasteiger partial charge in [0.2, 0.25) is 0 Å². The topological polar surface area (TPSA) is 82.6 Å². The number of nitrogens with one attached hydrogen (secondary N) is 2. The zero-order chi connectivity index (χ0) is 10.4. The Labute approximate surface area is 82.6 Å². The molecule has 0 spiro atoms. The van der Waals surface area contributed by atoms with Gasteiger partial charge in [0.25, 0.3) is 0 Å². The van der Waals surface area contributed by atoms with Crippen LogP contribution in [0.2, 0.25) is 0 Å². The van der Waals surface area contributed by atoms with Gasteiger partial charge in [0, 0.05) is 0 Å². The molecule has 0 aliphatic heterocycles. The first-order valence-electron chi connectivity index (χ1n) is 4.48. The van der Waals surface area contributed by atoms with E-state index in [1.807, 2.05) is 0 Å². The predicted molar refractivity (Wildman–Crippen MR) is 54.5 cm³/mol. The number of hydrogen-bond acceptors (Lipinski definition) is 4. The Morgan fingerprint density at radius 2 is 1.79 bits per heavy atom. The molecule has 0 aromatic carbocycles. The van der Waals surface area contributed by atoms with Gasteiger partial charge in [-0.3, -0.25) is 0 Å². The van der Waals surface area contributed by atoms with Crippen LogP contribution in [0, 0.1) is 0 Å². The van der Waals surface area contributed by atoms with E-state index in [4.69, 9.17) is 9.05 Å². The molecule has 0 atom stereocenters. The Morgan fingerprint density at radius 1 is 1.29 bits per heavy atom. The summed E-state index contributed by atoms with van der Waals surface area (Å²) in [6.45, 7) is 4.30. The summed E-state index contributed by atoms with van der Waals surface area (Å²) in [6, 6.07) is 0. The number of nitrogens with zero attached hydrogens (tertiary/aromatic N) is 1. The van der Waals surface area contributed by atoms with Crippen molar-refractivity contribution >= 4 is 8.09 Å². The van der Waals surface area contributed by atoms with Gasteiger partial charge in [-0.15, -0.1) is 0 Å². The number of rotatable bonds is 5. The van der Waals surface area contributed by atoms with Crippen molar-refractivity contribution in [2.45, 2.75) is 13.8 Å². The molecule has 7 heteroatoms. The summed E-state index contributed by atoms with van der Waals surface area (Å²) < 4.78 is 14.2. The molecule has 0 aliphatic carbocycles. The molecule has 14 heavy (non-hydrogen) atoms. The molecule has 0 fully saturated rings. The monoisotopic (exact) mass is 221 g/mol. The molecule has 0 saturated carbocycles. The molecule has 0 radical (unpaired) electrons. The van der Waals surface area contributed by atoms with Crippen molar-refractivity contribution < 1.29 is 13.9 Å². The van der Waals surface area contributed by atoms with Crippen LogP contribution in [0.5, 0.6) is 0 Å². The number of H-pyrrole nitrogens is 2. The van der Waals surface area contributed by atoms with Gasteiger partial charge in [0.15, 0.2) is 0 Å².